The zero-order chi connectivity index (χ0) is 13.9. The summed E-state index contributed by atoms with van der Waals surface area (Å²) in [6, 6.07) is -0.744. The van der Waals surface area contributed by atoms with Crippen molar-refractivity contribution in [3.05, 3.63) is 0 Å². The zero-order valence-electron chi connectivity index (χ0n) is 10.5. The van der Waals surface area contributed by atoms with E-state index in [0.29, 0.717) is 19.4 Å². The quantitative estimate of drug-likeness (QED) is 0.568. The molecule has 8 heteroatoms. The van der Waals surface area contributed by atoms with Gasteiger partial charge in [0.05, 0.1) is 11.6 Å². The molecule has 0 aliphatic carbocycles. The molecule has 0 spiro atoms. The highest BCUT2D eigenvalue weighted by atomic mass is 32.2. The van der Waals surface area contributed by atoms with Crippen LogP contribution in [0.1, 0.15) is 26.7 Å². The van der Waals surface area contributed by atoms with Crippen LogP contribution in [-0.2, 0) is 19.6 Å². The highest BCUT2D eigenvalue weighted by Gasteiger charge is 2.42. The molecule has 1 aliphatic heterocycles. The van der Waals surface area contributed by atoms with Gasteiger partial charge in [0.25, 0.3) is 0 Å². The Morgan fingerprint density at radius 2 is 2.22 bits per heavy atom. The van der Waals surface area contributed by atoms with Crippen LogP contribution < -0.4 is 5.73 Å². The van der Waals surface area contributed by atoms with Crippen molar-refractivity contribution in [2.24, 2.45) is 5.73 Å². The Labute approximate surface area is 113 Å². The highest BCUT2D eigenvalue weighted by Crippen LogP contribution is 2.24. The Morgan fingerprint density at radius 1 is 1.61 bits per heavy atom. The number of carbonyl (C=O) groups is 1. The van der Waals surface area contributed by atoms with Gasteiger partial charge < -0.3 is 10.5 Å². The first-order chi connectivity index (χ1) is 8.32. The molecular formula is C10H18N2O4S2. The Hall–Kier alpha value is -0.730. The lowest BCUT2D eigenvalue weighted by Crippen LogP contribution is -2.48. The third-order valence-corrected chi connectivity index (χ3v) is 5.68. The number of sulfonamides is 1. The molecule has 2 atom stereocenters. The molecule has 0 aromatic carbocycles. The molecule has 0 bridgehead atoms. The number of hydrogen-bond acceptors (Lipinski definition) is 5. The number of nitrogens with zero attached hydrogens (tertiary/aromatic N) is 1. The van der Waals surface area contributed by atoms with E-state index in [9.17, 15) is 13.2 Å². The van der Waals surface area contributed by atoms with Gasteiger partial charge >= 0.3 is 5.97 Å². The summed E-state index contributed by atoms with van der Waals surface area (Å²) in [7, 11) is -3.68. The summed E-state index contributed by atoms with van der Waals surface area (Å²) in [5, 5.41) is -0.970. The van der Waals surface area contributed by atoms with Crippen molar-refractivity contribution < 1.29 is 17.9 Å². The molecule has 104 valence electrons. The Bertz CT molecular complexity index is 435. The summed E-state index contributed by atoms with van der Waals surface area (Å²) in [4.78, 5) is 11.6. The Balaban J connectivity index is 2.94. The van der Waals surface area contributed by atoms with Crippen molar-refractivity contribution in [1.82, 2.24) is 4.31 Å². The summed E-state index contributed by atoms with van der Waals surface area (Å²) in [5.74, 6) is -0.506. The number of hydrogen-bond donors (Lipinski definition) is 1. The molecule has 1 saturated heterocycles. The van der Waals surface area contributed by atoms with Crippen molar-refractivity contribution in [3.63, 3.8) is 0 Å². The predicted molar refractivity (Wildman–Crippen MR) is 71.5 cm³/mol. The SMILES string of the molecule is CCOC(=O)C1CCCN1S(=O)(=O)C(C)C(N)=S. The summed E-state index contributed by atoms with van der Waals surface area (Å²) >= 11 is 4.71. The minimum absolute atomic E-state index is 0.0930. The molecule has 18 heavy (non-hydrogen) atoms. The van der Waals surface area contributed by atoms with E-state index in [2.05, 4.69) is 0 Å². The average molecular weight is 294 g/mol. The molecule has 0 amide bonds. The largest absolute Gasteiger partial charge is 0.465 e. The molecule has 0 saturated carbocycles. The van der Waals surface area contributed by atoms with E-state index in [0.717, 1.165) is 4.31 Å². The number of carbonyl (C=O) groups excluding carboxylic acids is 1. The summed E-state index contributed by atoms with van der Waals surface area (Å²) < 4.78 is 30.5. The van der Waals surface area contributed by atoms with Gasteiger partial charge in [0.1, 0.15) is 11.3 Å². The number of ether oxygens (including phenoxy) is 1. The minimum Gasteiger partial charge on any atom is -0.465 e. The summed E-state index contributed by atoms with van der Waals surface area (Å²) in [6.45, 7) is 3.65. The molecule has 2 N–H and O–H groups in total. The minimum atomic E-state index is -3.68. The van der Waals surface area contributed by atoms with Gasteiger partial charge in [-0.15, -0.1) is 0 Å². The normalized spacial score (nSPS) is 22.7. The van der Waals surface area contributed by atoms with E-state index in [-0.39, 0.29) is 11.6 Å². The second kappa shape index (κ2) is 5.94. The third kappa shape index (κ3) is 2.99. The van der Waals surface area contributed by atoms with Gasteiger partial charge in [-0.3, -0.25) is 4.79 Å². The Kier molecular flexibility index (Phi) is 5.06. The van der Waals surface area contributed by atoms with Crippen LogP contribution >= 0.6 is 12.2 Å². The first-order valence-corrected chi connectivity index (χ1v) is 7.70. The van der Waals surface area contributed by atoms with E-state index in [1.54, 1.807) is 6.92 Å². The highest BCUT2D eigenvalue weighted by molar-refractivity contribution is 7.92. The maximum Gasteiger partial charge on any atom is 0.324 e. The second-order valence-corrected chi connectivity index (χ2v) is 6.79. The predicted octanol–water partition coefficient (Wildman–Crippen LogP) is 0.0183. The van der Waals surface area contributed by atoms with Crippen molar-refractivity contribution in [2.75, 3.05) is 13.2 Å². The van der Waals surface area contributed by atoms with Crippen molar-refractivity contribution >= 4 is 33.2 Å². The van der Waals surface area contributed by atoms with E-state index in [4.69, 9.17) is 22.7 Å². The maximum atomic E-state index is 12.2. The summed E-state index contributed by atoms with van der Waals surface area (Å²) in [5.41, 5.74) is 5.38. The number of rotatable bonds is 5. The fourth-order valence-electron chi connectivity index (χ4n) is 1.87. The van der Waals surface area contributed by atoms with Crippen molar-refractivity contribution in [2.45, 2.75) is 38.0 Å². The van der Waals surface area contributed by atoms with Crippen molar-refractivity contribution in [3.8, 4) is 0 Å². The first-order valence-electron chi connectivity index (χ1n) is 5.79. The van der Waals surface area contributed by atoms with Crippen LogP contribution in [0.15, 0.2) is 0 Å². The molecule has 1 aliphatic rings. The van der Waals surface area contributed by atoms with Gasteiger partial charge in [-0.05, 0) is 26.7 Å². The summed E-state index contributed by atoms with van der Waals surface area (Å²) in [6.07, 6.45) is 1.11. The topological polar surface area (TPSA) is 89.7 Å². The van der Waals surface area contributed by atoms with Gasteiger partial charge in [-0.25, -0.2) is 8.42 Å². The molecular weight excluding hydrogens is 276 g/mol. The van der Waals surface area contributed by atoms with Crippen LogP contribution in [0.3, 0.4) is 0 Å². The van der Waals surface area contributed by atoms with Crippen LogP contribution in [0.25, 0.3) is 0 Å². The maximum absolute atomic E-state index is 12.2. The van der Waals surface area contributed by atoms with Crippen LogP contribution in [0, 0.1) is 0 Å². The van der Waals surface area contributed by atoms with Crippen LogP contribution in [0.5, 0.6) is 0 Å². The van der Waals surface area contributed by atoms with E-state index in [1.165, 1.54) is 6.92 Å². The fraction of sp³-hybridized carbons (Fsp3) is 0.800. The third-order valence-electron chi connectivity index (χ3n) is 2.94. The van der Waals surface area contributed by atoms with Gasteiger partial charge in [0, 0.05) is 6.54 Å². The van der Waals surface area contributed by atoms with Crippen LogP contribution in [-0.4, -0.2) is 48.1 Å². The molecule has 2 unspecified atom stereocenters. The molecule has 0 aromatic heterocycles. The molecule has 6 nitrogen and oxygen atoms in total. The lowest BCUT2D eigenvalue weighted by atomic mass is 10.2. The monoisotopic (exact) mass is 294 g/mol. The molecule has 0 radical (unpaired) electrons. The average Bonchev–Trinajstić information content (AvgIpc) is 2.77. The fourth-order valence-corrected chi connectivity index (χ4v) is 3.86. The number of nitrogens with two attached hydrogens (primary N) is 1. The number of thiocarbonyl (C=S) groups is 1. The first kappa shape index (κ1) is 15.3. The zero-order valence-corrected chi connectivity index (χ0v) is 12.1. The van der Waals surface area contributed by atoms with Crippen molar-refractivity contribution in [1.29, 1.82) is 0 Å². The Morgan fingerprint density at radius 3 is 2.72 bits per heavy atom. The molecule has 0 aromatic rings. The van der Waals surface area contributed by atoms with Crippen LogP contribution in [0.4, 0.5) is 0 Å². The molecule has 1 rings (SSSR count). The number of esters is 1. The van der Waals surface area contributed by atoms with Gasteiger partial charge in [-0.2, -0.15) is 4.31 Å². The van der Waals surface area contributed by atoms with E-state index in [1.807, 2.05) is 0 Å². The molecule has 1 heterocycles. The van der Waals surface area contributed by atoms with Gasteiger partial charge in [0.15, 0.2) is 0 Å². The van der Waals surface area contributed by atoms with E-state index >= 15 is 0 Å². The van der Waals surface area contributed by atoms with E-state index < -0.39 is 27.3 Å². The lowest BCUT2D eigenvalue weighted by Gasteiger charge is -2.25. The standard InChI is InChI=1S/C10H18N2O4S2/c1-3-16-10(13)8-5-4-6-12(8)18(14,15)7(2)9(11)17/h7-8H,3-6H2,1-2H3,(H2,11,17). The van der Waals surface area contributed by atoms with Gasteiger partial charge in [0.2, 0.25) is 10.0 Å². The van der Waals surface area contributed by atoms with Gasteiger partial charge in [-0.1, -0.05) is 12.2 Å². The smallest absolute Gasteiger partial charge is 0.324 e. The second-order valence-electron chi connectivity index (χ2n) is 4.11. The van der Waals surface area contributed by atoms with Crippen LogP contribution in [0.2, 0.25) is 0 Å². The lowest BCUT2D eigenvalue weighted by molar-refractivity contribution is -0.146. The molecule has 1 fully saturated rings.